The van der Waals surface area contributed by atoms with Gasteiger partial charge in [0, 0.05) is 12.3 Å². The van der Waals surface area contributed by atoms with Crippen molar-refractivity contribution in [2.75, 3.05) is 23.4 Å². The highest BCUT2D eigenvalue weighted by Gasteiger charge is 2.07. The van der Waals surface area contributed by atoms with Crippen molar-refractivity contribution in [1.82, 2.24) is 0 Å². The smallest absolute Gasteiger partial charge is 0.151 e. The molecule has 90 valence electrons. The molecule has 1 aromatic rings. The third kappa shape index (κ3) is 3.98. The van der Waals surface area contributed by atoms with E-state index in [-0.39, 0.29) is 18.1 Å². The van der Waals surface area contributed by atoms with Gasteiger partial charge in [0.1, 0.15) is 5.82 Å². The molecule has 0 unspecified atom stereocenters. The Hall–Kier alpha value is -0.810. The molecule has 0 aliphatic rings. The van der Waals surface area contributed by atoms with Gasteiger partial charge in [0.2, 0.25) is 0 Å². The Balaban J connectivity index is 2.59. The molecule has 0 bridgehead atoms. The predicted molar refractivity (Wildman–Crippen MR) is 64.2 cm³/mol. The number of hydrogen-bond donors (Lipinski definition) is 1. The number of hydrogen-bond acceptors (Lipinski definition) is 3. The molecule has 0 aliphatic carbocycles. The van der Waals surface area contributed by atoms with Crippen LogP contribution in [-0.4, -0.2) is 26.5 Å². The summed E-state index contributed by atoms with van der Waals surface area (Å²) in [6.45, 7) is 1.81. The summed E-state index contributed by atoms with van der Waals surface area (Å²) in [5.74, 6) is -0.299. The van der Waals surface area contributed by atoms with E-state index in [1.165, 1.54) is 18.2 Å². The van der Waals surface area contributed by atoms with E-state index in [1.807, 2.05) is 0 Å². The number of anilines is 1. The highest BCUT2D eigenvalue weighted by atomic mass is 35.5. The lowest BCUT2D eigenvalue weighted by molar-refractivity contribution is 0.597. The van der Waals surface area contributed by atoms with Gasteiger partial charge in [-0.2, -0.15) is 0 Å². The van der Waals surface area contributed by atoms with Crippen LogP contribution in [0.3, 0.4) is 0 Å². The van der Waals surface area contributed by atoms with Crippen molar-refractivity contribution in [3.8, 4) is 0 Å². The van der Waals surface area contributed by atoms with Crippen molar-refractivity contribution in [3.05, 3.63) is 29.0 Å². The van der Waals surface area contributed by atoms with E-state index in [0.29, 0.717) is 10.7 Å². The molecular formula is C10H13ClFNO2S. The van der Waals surface area contributed by atoms with E-state index < -0.39 is 15.7 Å². The van der Waals surface area contributed by atoms with Crippen LogP contribution in [0.1, 0.15) is 6.92 Å². The van der Waals surface area contributed by atoms with E-state index in [0.717, 1.165) is 0 Å². The molecule has 3 nitrogen and oxygen atoms in total. The molecule has 1 N–H and O–H groups in total. The molecule has 1 rings (SSSR count). The molecule has 0 saturated carbocycles. The minimum Gasteiger partial charge on any atom is -0.383 e. The average molecular weight is 266 g/mol. The third-order valence-corrected chi connectivity index (χ3v) is 4.13. The molecule has 0 atom stereocenters. The Labute approximate surface area is 99.5 Å². The fourth-order valence-electron chi connectivity index (χ4n) is 1.12. The van der Waals surface area contributed by atoms with Crippen LogP contribution in [0.4, 0.5) is 10.1 Å². The van der Waals surface area contributed by atoms with Crippen LogP contribution in [0.15, 0.2) is 18.2 Å². The van der Waals surface area contributed by atoms with Gasteiger partial charge in [0.25, 0.3) is 0 Å². The molecule has 0 aromatic heterocycles. The fourth-order valence-corrected chi connectivity index (χ4v) is 2.00. The zero-order chi connectivity index (χ0) is 12.2. The largest absolute Gasteiger partial charge is 0.383 e. The molecule has 0 spiro atoms. The van der Waals surface area contributed by atoms with Gasteiger partial charge < -0.3 is 5.32 Å². The maximum Gasteiger partial charge on any atom is 0.151 e. The van der Waals surface area contributed by atoms with Gasteiger partial charge >= 0.3 is 0 Å². The molecule has 0 saturated heterocycles. The second-order valence-corrected chi connectivity index (χ2v) is 6.17. The molecule has 0 radical (unpaired) electrons. The zero-order valence-electron chi connectivity index (χ0n) is 8.83. The Bertz CT molecular complexity index is 462. The first-order chi connectivity index (χ1) is 7.44. The van der Waals surface area contributed by atoms with Crippen LogP contribution >= 0.6 is 11.6 Å². The monoisotopic (exact) mass is 265 g/mol. The van der Waals surface area contributed by atoms with Crippen molar-refractivity contribution in [1.29, 1.82) is 0 Å². The van der Waals surface area contributed by atoms with Crippen LogP contribution in [0.5, 0.6) is 0 Å². The van der Waals surface area contributed by atoms with Crippen LogP contribution in [0.25, 0.3) is 0 Å². The summed E-state index contributed by atoms with van der Waals surface area (Å²) in [4.78, 5) is 0. The maximum atomic E-state index is 12.9. The van der Waals surface area contributed by atoms with Gasteiger partial charge in [-0.15, -0.1) is 0 Å². The van der Waals surface area contributed by atoms with Crippen molar-refractivity contribution < 1.29 is 12.8 Å². The van der Waals surface area contributed by atoms with Crippen molar-refractivity contribution in [2.45, 2.75) is 6.92 Å². The lowest BCUT2D eigenvalue weighted by atomic mass is 10.3. The second kappa shape index (κ2) is 5.50. The molecule has 0 amide bonds. The van der Waals surface area contributed by atoms with Gasteiger partial charge in [-0.3, -0.25) is 0 Å². The summed E-state index contributed by atoms with van der Waals surface area (Å²) in [6, 6.07) is 3.91. The third-order valence-electron chi connectivity index (χ3n) is 2.10. The van der Waals surface area contributed by atoms with E-state index in [1.54, 1.807) is 6.92 Å². The number of nitrogens with one attached hydrogen (secondary N) is 1. The molecule has 0 heterocycles. The van der Waals surface area contributed by atoms with E-state index in [9.17, 15) is 12.8 Å². The number of rotatable bonds is 5. The van der Waals surface area contributed by atoms with E-state index in [2.05, 4.69) is 5.32 Å². The molecule has 0 aliphatic heterocycles. The quantitative estimate of drug-likeness (QED) is 0.889. The summed E-state index contributed by atoms with van der Waals surface area (Å²) in [5, 5.41) is 3.16. The Morgan fingerprint density at radius 3 is 2.75 bits per heavy atom. The SMILES string of the molecule is CCS(=O)(=O)CCNc1cc(F)ccc1Cl. The topological polar surface area (TPSA) is 46.2 Å². The van der Waals surface area contributed by atoms with E-state index in [4.69, 9.17) is 11.6 Å². The Morgan fingerprint density at radius 2 is 2.12 bits per heavy atom. The van der Waals surface area contributed by atoms with Gasteiger partial charge in [-0.05, 0) is 18.2 Å². The Kier molecular flexibility index (Phi) is 4.56. The minimum absolute atomic E-state index is 0.0103. The summed E-state index contributed by atoms with van der Waals surface area (Å²) in [6.07, 6.45) is 0. The lowest BCUT2D eigenvalue weighted by Crippen LogP contribution is -2.17. The number of benzene rings is 1. The summed E-state index contributed by atoms with van der Waals surface area (Å²) < 4.78 is 35.2. The van der Waals surface area contributed by atoms with Crippen molar-refractivity contribution in [2.24, 2.45) is 0 Å². The van der Waals surface area contributed by atoms with Gasteiger partial charge in [0.05, 0.1) is 16.5 Å². The van der Waals surface area contributed by atoms with Crippen molar-refractivity contribution in [3.63, 3.8) is 0 Å². The highest BCUT2D eigenvalue weighted by molar-refractivity contribution is 7.91. The van der Waals surface area contributed by atoms with Crippen LogP contribution in [-0.2, 0) is 9.84 Å². The molecule has 16 heavy (non-hydrogen) atoms. The first kappa shape index (κ1) is 13.3. The number of halogens is 2. The van der Waals surface area contributed by atoms with Gasteiger partial charge in [0.15, 0.2) is 9.84 Å². The summed E-state index contributed by atoms with van der Waals surface area (Å²) in [7, 11) is -3.01. The second-order valence-electron chi connectivity index (χ2n) is 3.29. The molecule has 6 heteroatoms. The Morgan fingerprint density at radius 1 is 1.44 bits per heavy atom. The van der Waals surface area contributed by atoms with Gasteiger partial charge in [-0.1, -0.05) is 18.5 Å². The van der Waals surface area contributed by atoms with Gasteiger partial charge in [-0.25, -0.2) is 12.8 Å². The van der Waals surface area contributed by atoms with Crippen LogP contribution in [0, 0.1) is 5.82 Å². The normalized spacial score (nSPS) is 11.4. The molecular weight excluding hydrogens is 253 g/mol. The minimum atomic E-state index is -3.01. The average Bonchev–Trinajstić information content (AvgIpc) is 2.23. The van der Waals surface area contributed by atoms with Crippen LogP contribution < -0.4 is 5.32 Å². The van der Waals surface area contributed by atoms with Crippen LogP contribution in [0.2, 0.25) is 5.02 Å². The molecule has 0 fully saturated rings. The summed E-state index contributed by atoms with van der Waals surface area (Å²) in [5.41, 5.74) is 0.410. The first-order valence-corrected chi connectivity index (χ1v) is 7.04. The maximum absolute atomic E-state index is 12.9. The zero-order valence-corrected chi connectivity index (χ0v) is 10.4. The van der Waals surface area contributed by atoms with E-state index >= 15 is 0 Å². The highest BCUT2D eigenvalue weighted by Crippen LogP contribution is 2.21. The standard InChI is InChI=1S/C10H13ClFNO2S/c1-2-16(14,15)6-5-13-10-7-8(12)3-4-9(10)11/h3-4,7,13H,2,5-6H2,1H3. The van der Waals surface area contributed by atoms with Crippen molar-refractivity contribution >= 4 is 27.1 Å². The first-order valence-electron chi connectivity index (χ1n) is 4.84. The summed E-state index contributed by atoms with van der Waals surface area (Å²) >= 11 is 5.80. The lowest BCUT2D eigenvalue weighted by Gasteiger charge is -2.08. The molecule has 1 aromatic carbocycles. The number of sulfone groups is 1. The fraction of sp³-hybridized carbons (Fsp3) is 0.400. The predicted octanol–water partition coefficient (Wildman–Crippen LogP) is 2.33.